The van der Waals surface area contributed by atoms with Crippen LogP contribution in [0.5, 0.6) is 0 Å². The Kier molecular flexibility index (Phi) is 4.59. The molecule has 3 aromatic heterocycles. The standard InChI is InChI=1S/C18H18N2OS2/c1-12-4-5-15(23-12)10-20(3)18(21)16-6-7-17(19-13(16)2)14-8-9-22-11-14/h4-9,11H,10H2,1-3H3. The third kappa shape index (κ3) is 3.51. The molecule has 0 saturated heterocycles. The molecule has 0 spiro atoms. The monoisotopic (exact) mass is 342 g/mol. The van der Waals surface area contributed by atoms with Crippen molar-refractivity contribution in [2.45, 2.75) is 20.4 Å². The molecule has 0 aromatic carbocycles. The molecule has 0 bridgehead atoms. The number of aromatic nitrogens is 1. The second-order valence-corrected chi connectivity index (χ2v) is 7.67. The van der Waals surface area contributed by atoms with Crippen LogP contribution in [-0.4, -0.2) is 22.8 Å². The number of hydrogen-bond donors (Lipinski definition) is 0. The minimum absolute atomic E-state index is 0.0120. The van der Waals surface area contributed by atoms with E-state index in [-0.39, 0.29) is 5.91 Å². The Morgan fingerprint density at radius 1 is 1.17 bits per heavy atom. The fourth-order valence-electron chi connectivity index (χ4n) is 2.44. The van der Waals surface area contributed by atoms with Crippen LogP contribution in [0.3, 0.4) is 0 Å². The maximum atomic E-state index is 12.7. The predicted octanol–water partition coefficient (Wildman–Crippen LogP) is 4.76. The molecule has 0 unspecified atom stereocenters. The first-order chi connectivity index (χ1) is 11.0. The number of carbonyl (C=O) groups excluding carboxylic acids is 1. The van der Waals surface area contributed by atoms with Crippen LogP contribution in [0, 0.1) is 13.8 Å². The number of aryl methyl sites for hydroxylation is 2. The van der Waals surface area contributed by atoms with Crippen molar-refractivity contribution in [2.24, 2.45) is 0 Å². The molecule has 0 atom stereocenters. The van der Waals surface area contributed by atoms with E-state index < -0.39 is 0 Å². The summed E-state index contributed by atoms with van der Waals surface area (Å²) in [5, 5.41) is 4.09. The van der Waals surface area contributed by atoms with Gasteiger partial charge in [0.05, 0.1) is 23.5 Å². The second-order valence-electron chi connectivity index (χ2n) is 5.52. The van der Waals surface area contributed by atoms with E-state index in [2.05, 4.69) is 29.4 Å². The van der Waals surface area contributed by atoms with Crippen molar-refractivity contribution >= 4 is 28.6 Å². The molecule has 3 nitrogen and oxygen atoms in total. The fourth-order valence-corrected chi connectivity index (χ4v) is 4.03. The van der Waals surface area contributed by atoms with Gasteiger partial charge in [-0.15, -0.1) is 11.3 Å². The van der Waals surface area contributed by atoms with Crippen LogP contribution in [-0.2, 0) is 6.54 Å². The minimum atomic E-state index is 0.0120. The SMILES string of the molecule is Cc1ccc(CN(C)C(=O)c2ccc(-c3ccsc3)nc2C)s1. The summed E-state index contributed by atoms with van der Waals surface area (Å²) in [6, 6.07) is 10.0. The number of hydrogen-bond acceptors (Lipinski definition) is 4. The average Bonchev–Trinajstić information content (AvgIpc) is 3.18. The van der Waals surface area contributed by atoms with E-state index in [9.17, 15) is 4.79 Å². The molecule has 1 amide bonds. The molecule has 23 heavy (non-hydrogen) atoms. The van der Waals surface area contributed by atoms with Crippen LogP contribution in [0.25, 0.3) is 11.3 Å². The lowest BCUT2D eigenvalue weighted by Gasteiger charge is -2.17. The summed E-state index contributed by atoms with van der Waals surface area (Å²) in [5.41, 5.74) is 3.45. The van der Waals surface area contributed by atoms with E-state index in [0.717, 1.165) is 17.0 Å². The average molecular weight is 342 g/mol. The quantitative estimate of drug-likeness (QED) is 0.685. The molecule has 3 aromatic rings. The van der Waals surface area contributed by atoms with Crippen molar-refractivity contribution in [1.29, 1.82) is 0 Å². The molecule has 0 radical (unpaired) electrons. The topological polar surface area (TPSA) is 33.2 Å². The molecule has 0 saturated carbocycles. The van der Waals surface area contributed by atoms with E-state index in [0.29, 0.717) is 12.1 Å². The lowest BCUT2D eigenvalue weighted by molar-refractivity contribution is 0.0785. The van der Waals surface area contributed by atoms with E-state index in [1.54, 1.807) is 27.6 Å². The first-order valence-electron chi connectivity index (χ1n) is 7.35. The van der Waals surface area contributed by atoms with Crippen molar-refractivity contribution in [3.63, 3.8) is 0 Å². The van der Waals surface area contributed by atoms with Crippen LogP contribution in [0.15, 0.2) is 41.1 Å². The van der Waals surface area contributed by atoms with Crippen LogP contribution in [0.4, 0.5) is 0 Å². The molecule has 5 heteroatoms. The van der Waals surface area contributed by atoms with Gasteiger partial charge >= 0.3 is 0 Å². The van der Waals surface area contributed by atoms with E-state index in [1.807, 2.05) is 37.6 Å². The van der Waals surface area contributed by atoms with Gasteiger partial charge in [0.1, 0.15) is 0 Å². The van der Waals surface area contributed by atoms with Gasteiger partial charge < -0.3 is 4.90 Å². The van der Waals surface area contributed by atoms with Crippen LogP contribution in [0.1, 0.15) is 25.8 Å². The Hall–Kier alpha value is -1.98. The van der Waals surface area contributed by atoms with Crippen LogP contribution in [0.2, 0.25) is 0 Å². The molecule has 0 fully saturated rings. The van der Waals surface area contributed by atoms with E-state index in [4.69, 9.17) is 0 Å². The summed E-state index contributed by atoms with van der Waals surface area (Å²) in [6.45, 7) is 4.60. The van der Waals surface area contributed by atoms with Crippen molar-refractivity contribution in [1.82, 2.24) is 9.88 Å². The zero-order valence-corrected chi connectivity index (χ0v) is 15.0. The fraction of sp³-hybridized carbons (Fsp3) is 0.222. The van der Waals surface area contributed by atoms with Gasteiger partial charge in [-0.3, -0.25) is 9.78 Å². The molecule has 118 valence electrons. The Balaban J connectivity index is 1.79. The summed E-state index contributed by atoms with van der Waals surface area (Å²) in [4.78, 5) is 21.5. The first-order valence-corrected chi connectivity index (χ1v) is 9.11. The molecule has 0 aliphatic heterocycles. The second kappa shape index (κ2) is 6.64. The highest BCUT2D eigenvalue weighted by molar-refractivity contribution is 7.11. The van der Waals surface area contributed by atoms with Crippen molar-refractivity contribution < 1.29 is 4.79 Å². The largest absolute Gasteiger partial charge is 0.337 e. The summed E-state index contributed by atoms with van der Waals surface area (Å²) in [6.07, 6.45) is 0. The maximum Gasteiger partial charge on any atom is 0.255 e. The van der Waals surface area contributed by atoms with Gasteiger partial charge in [-0.2, -0.15) is 11.3 Å². The van der Waals surface area contributed by atoms with Gasteiger partial charge in [0, 0.05) is 27.7 Å². The third-order valence-corrected chi connectivity index (χ3v) is 5.34. The molecular weight excluding hydrogens is 324 g/mol. The van der Waals surface area contributed by atoms with Gasteiger partial charge in [0.25, 0.3) is 5.91 Å². The maximum absolute atomic E-state index is 12.7. The molecule has 0 N–H and O–H groups in total. The van der Waals surface area contributed by atoms with Crippen LogP contribution >= 0.6 is 22.7 Å². The van der Waals surface area contributed by atoms with Gasteiger partial charge in [-0.1, -0.05) is 0 Å². The van der Waals surface area contributed by atoms with Crippen molar-refractivity contribution in [3.05, 3.63) is 62.1 Å². The highest BCUT2D eigenvalue weighted by atomic mass is 32.1. The Morgan fingerprint density at radius 2 is 2.00 bits per heavy atom. The predicted molar refractivity (Wildman–Crippen MR) is 97.1 cm³/mol. The van der Waals surface area contributed by atoms with Crippen molar-refractivity contribution in [3.8, 4) is 11.3 Å². The molecule has 3 heterocycles. The Morgan fingerprint density at radius 3 is 2.61 bits per heavy atom. The summed E-state index contributed by atoms with van der Waals surface area (Å²) >= 11 is 3.37. The number of rotatable bonds is 4. The van der Waals surface area contributed by atoms with Crippen molar-refractivity contribution in [2.75, 3.05) is 7.05 Å². The molecule has 0 aliphatic rings. The summed E-state index contributed by atoms with van der Waals surface area (Å²) in [5.74, 6) is 0.0120. The zero-order chi connectivity index (χ0) is 16.4. The van der Waals surface area contributed by atoms with Gasteiger partial charge in [-0.25, -0.2) is 0 Å². The number of nitrogens with zero attached hydrogens (tertiary/aromatic N) is 2. The van der Waals surface area contributed by atoms with Gasteiger partial charge in [0.15, 0.2) is 0 Å². The minimum Gasteiger partial charge on any atom is -0.337 e. The first kappa shape index (κ1) is 15.9. The summed E-state index contributed by atoms with van der Waals surface area (Å²) in [7, 11) is 1.84. The Bertz CT molecular complexity index is 821. The third-order valence-electron chi connectivity index (χ3n) is 3.67. The lowest BCUT2D eigenvalue weighted by Crippen LogP contribution is -2.26. The zero-order valence-electron chi connectivity index (χ0n) is 13.4. The molecule has 3 rings (SSSR count). The van der Waals surface area contributed by atoms with Gasteiger partial charge in [-0.05, 0) is 49.6 Å². The van der Waals surface area contributed by atoms with E-state index >= 15 is 0 Å². The highest BCUT2D eigenvalue weighted by Gasteiger charge is 2.16. The number of thiophene rings is 2. The molecular formula is C18H18N2OS2. The van der Waals surface area contributed by atoms with E-state index in [1.165, 1.54) is 9.75 Å². The summed E-state index contributed by atoms with van der Waals surface area (Å²) < 4.78 is 0. The smallest absolute Gasteiger partial charge is 0.255 e. The highest BCUT2D eigenvalue weighted by Crippen LogP contribution is 2.23. The molecule has 0 aliphatic carbocycles. The Labute approximate surface area is 144 Å². The van der Waals surface area contributed by atoms with Gasteiger partial charge in [0.2, 0.25) is 0 Å². The number of carbonyl (C=O) groups is 1. The number of amides is 1. The number of pyridine rings is 1. The van der Waals surface area contributed by atoms with Crippen LogP contribution < -0.4 is 0 Å². The lowest BCUT2D eigenvalue weighted by atomic mass is 10.1. The normalized spacial score (nSPS) is 10.7.